The average Bonchev–Trinajstić information content (AvgIpc) is 3.32. The molecule has 0 aliphatic rings. The maximum atomic E-state index is 12.1. The fourth-order valence-corrected chi connectivity index (χ4v) is 2.72. The Morgan fingerprint density at radius 1 is 1.33 bits per heavy atom. The zero-order valence-electron chi connectivity index (χ0n) is 15.4. The molecule has 0 fully saturated rings. The van der Waals surface area contributed by atoms with Crippen LogP contribution in [-0.4, -0.2) is 37.5 Å². The van der Waals surface area contributed by atoms with E-state index in [4.69, 9.17) is 4.52 Å². The molecule has 0 aliphatic carbocycles. The molecule has 142 valence electrons. The van der Waals surface area contributed by atoms with Crippen molar-refractivity contribution >= 4 is 11.8 Å². The highest BCUT2D eigenvalue weighted by Gasteiger charge is 2.12. The van der Waals surface area contributed by atoms with Gasteiger partial charge in [-0.25, -0.2) is 9.48 Å². The Morgan fingerprint density at radius 2 is 2.22 bits per heavy atom. The number of hydrogen-bond donors (Lipinski definition) is 2. The number of hydrogen-bond acceptors (Lipinski definition) is 6. The molecule has 9 heteroatoms. The molecular formula is C18H23N7O2. The van der Waals surface area contributed by atoms with Gasteiger partial charge in [-0.15, -0.1) is 0 Å². The third-order valence-electron chi connectivity index (χ3n) is 4.05. The molecule has 1 atom stereocenters. The summed E-state index contributed by atoms with van der Waals surface area (Å²) < 4.78 is 7.03. The second-order valence-electron chi connectivity index (χ2n) is 6.18. The van der Waals surface area contributed by atoms with Crippen molar-refractivity contribution in [2.24, 2.45) is 0 Å². The number of urea groups is 1. The fraction of sp³-hybridized carbons (Fsp3) is 0.389. The molecule has 27 heavy (non-hydrogen) atoms. The van der Waals surface area contributed by atoms with Gasteiger partial charge in [-0.3, -0.25) is 10.3 Å². The van der Waals surface area contributed by atoms with Crippen molar-refractivity contribution in [1.29, 1.82) is 0 Å². The Balaban J connectivity index is 1.48. The summed E-state index contributed by atoms with van der Waals surface area (Å²) in [6.45, 7) is 4.57. The van der Waals surface area contributed by atoms with E-state index in [9.17, 15) is 4.79 Å². The topological polar surface area (TPSA) is 111 Å². The van der Waals surface area contributed by atoms with Gasteiger partial charge >= 0.3 is 6.03 Å². The first-order chi connectivity index (χ1) is 13.2. The molecule has 3 rings (SSSR count). The van der Waals surface area contributed by atoms with Gasteiger partial charge in [0, 0.05) is 37.0 Å². The molecule has 9 nitrogen and oxygen atoms in total. The second kappa shape index (κ2) is 8.93. The third-order valence-corrected chi connectivity index (χ3v) is 4.05. The second-order valence-corrected chi connectivity index (χ2v) is 6.18. The first kappa shape index (κ1) is 18.6. The van der Waals surface area contributed by atoms with E-state index in [1.807, 2.05) is 16.8 Å². The van der Waals surface area contributed by atoms with Crippen molar-refractivity contribution in [3.63, 3.8) is 0 Å². The lowest BCUT2D eigenvalue weighted by atomic mass is 10.2. The van der Waals surface area contributed by atoms with E-state index in [0.29, 0.717) is 30.5 Å². The first-order valence-electron chi connectivity index (χ1n) is 8.98. The van der Waals surface area contributed by atoms with Gasteiger partial charge in [0.15, 0.2) is 0 Å². The Bertz CT molecular complexity index is 859. The number of nitrogens with one attached hydrogen (secondary N) is 2. The van der Waals surface area contributed by atoms with E-state index >= 15 is 0 Å². The Morgan fingerprint density at radius 3 is 3.00 bits per heavy atom. The molecule has 3 heterocycles. The van der Waals surface area contributed by atoms with Crippen LogP contribution in [0.5, 0.6) is 0 Å². The molecule has 2 N–H and O–H groups in total. The number of rotatable bonds is 8. The number of anilines is 1. The fourth-order valence-electron chi connectivity index (χ4n) is 2.72. The summed E-state index contributed by atoms with van der Waals surface area (Å²) in [5.41, 5.74) is 0.785. The van der Waals surface area contributed by atoms with Gasteiger partial charge in [-0.05, 0) is 25.5 Å². The zero-order valence-corrected chi connectivity index (χ0v) is 15.4. The van der Waals surface area contributed by atoms with Gasteiger partial charge in [-0.2, -0.15) is 10.1 Å². The van der Waals surface area contributed by atoms with Crippen molar-refractivity contribution in [2.75, 3.05) is 11.9 Å². The molecule has 2 amide bonds. The first-order valence-corrected chi connectivity index (χ1v) is 8.98. The summed E-state index contributed by atoms with van der Waals surface area (Å²) in [4.78, 5) is 20.5. The number of pyridine rings is 1. The lowest BCUT2D eigenvalue weighted by Gasteiger charge is -2.15. The highest BCUT2D eigenvalue weighted by Crippen LogP contribution is 2.18. The highest BCUT2D eigenvalue weighted by molar-refractivity contribution is 5.88. The molecule has 0 saturated heterocycles. The monoisotopic (exact) mass is 369 g/mol. The summed E-state index contributed by atoms with van der Waals surface area (Å²) in [5, 5.41) is 13.8. The average molecular weight is 369 g/mol. The van der Waals surface area contributed by atoms with E-state index in [0.717, 1.165) is 18.4 Å². The molecule has 0 spiro atoms. The summed E-state index contributed by atoms with van der Waals surface area (Å²) in [7, 11) is 0. The maximum Gasteiger partial charge on any atom is 0.320 e. The van der Waals surface area contributed by atoms with E-state index in [2.05, 4.69) is 44.7 Å². The van der Waals surface area contributed by atoms with Crippen LogP contribution in [0.15, 0.2) is 41.3 Å². The molecule has 3 aromatic rings. The van der Waals surface area contributed by atoms with Crippen LogP contribution in [0, 0.1) is 0 Å². The normalized spacial score (nSPS) is 11.9. The molecule has 0 aliphatic heterocycles. The lowest BCUT2D eigenvalue weighted by molar-refractivity contribution is 0.251. The number of amides is 2. The maximum absolute atomic E-state index is 12.1. The molecule has 0 unspecified atom stereocenters. The summed E-state index contributed by atoms with van der Waals surface area (Å²) in [6.07, 6.45) is 7.52. The standard InChI is InChI=1S/C18H23N7O2/c1-3-5-13(2)25-15(7-11-21-25)22-18(26)20-10-8-16-23-17(24-27-16)14-6-4-9-19-12-14/h4,6-7,9,11-13H,3,5,8,10H2,1-2H3,(H2,20,22,26)/t13-/m1/s1. The van der Waals surface area contributed by atoms with Gasteiger partial charge in [0.2, 0.25) is 11.7 Å². The van der Waals surface area contributed by atoms with Crippen LogP contribution in [0.25, 0.3) is 11.4 Å². The van der Waals surface area contributed by atoms with Gasteiger partial charge < -0.3 is 9.84 Å². The minimum absolute atomic E-state index is 0.226. The summed E-state index contributed by atoms with van der Waals surface area (Å²) in [5.74, 6) is 1.61. The van der Waals surface area contributed by atoms with Crippen molar-refractivity contribution in [1.82, 2.24) is 30.2 Å². The molecular weight excluding hydrogens is 346 g/mol. The lowest BCUT2D eigenvalue weighted by Crippen LogP contribution is -2.31. The van der Waals surface area contributed by atoms with Crippen LogP contribution >= 0.6 is 0 Å². The smallest absolute Gasteiger partial charge is 0.320 e. The quantitative estimate of drug-likeness (QED) is 0.631. The van der Waals surface area contributed by atoms with Crippen LogP contribution < -0.4 is 10.6 Å². The van der Waals surface area contributed by atoms with Gasteiger partial charge in [0.05, 0.1) is 12.2 Å². The predicted molar refractivity (Wildman–Crippen MR) is 100 cm³/mol. The molecule has 3 aromatic heterocycles. The number of carbonyl (C=O) groups excluding carboxylic acids is 1. The van der Waals surface area contributed by atoms with Crippen molar-refractivity contribution in [3.05, 3.63) is 42.7 Å². The number of nitrogens with zero attached hydrogens (tertiary/aromatic N) is 5. The van der Waals surface area contributed by atoms with Crippen LogP contribution in [0.2, 0.25) is 0 Å². The van der Waals surface area contributed by atoms with E-state index in [-0.39, 0.29) is 12.1 Å². The largest absolute Gasteiger partial charge is 0.339 e. The molecule has 0 aromatic carbocycles. The SMILES string of the molecule is CCC[C@@H](C)n1nccc1NC(=O)NCCc1nc(-c2cccnc2)no1. The van der Waals surface area contributed by atoms with Crippen LogP contribution in [0.4, 0.5) is 10.6 Å². The molecule has 0 radical (unpaired) electrons. The van der Waals surface area contributed by atoms with Crippen molar-refractivity contribution < 1.29 is 9.32 Å². The minimum Gasteiger partial charge on any atom is -0.339 e. The predicted octanol–water partition coefficient (Wildman–Crippen LogP) is 3.05. The van der Waals surface area contributed by atoms with Crippen LogP contribution in [0.3, 0.4) is 0 Å². The van der Waals surface area contributed by atoms with E-state index in [1.54, 1.807) is 24.7 Å². The summed E-state index contributed by atoms with van der Waals surface area (Å²) in [6, 6.07) is 5.38. The zero-order chi connectivity index (χ0) is 19.1. The van der Waals surface area contributed by atoms with Gasteiger partial charge in [0.1, 0.15) is 5.82 Å². The number of aromatic nitrogens is 5. The Hall–Kier alpha value is -3.23. The van der Waals surface area contributed by atoms with E-state index in [1.165, 1.54) is 0 Å². The van der Waals surface area contributed by atoms with Crippen LogP contribution in [0.1, 0.15) is 38.6 Å². The van der Waals surface area contributed by atoms with E-state index < -0.39 is 0 Å². The third kappa shape index (κ3) is 4.90. The number of carbonyl (C=O) groups is 1. The molecule has 0 bridgehead atoms. The van der Waals surface area contributed by atoms with Crippen molar-refractivity contribution in [2.45, 2.75) is 39.2 Å². The minimum atomic E-state index is -0.299. The van der Waals surface area contributed by atoms with Gasteiger partial charge in [0.25, 0.3) is 0 Å². The molecule has 0 saturated carbocycles. The Labute approximate surface area is 157 Å². The van der Waals surface area contributed by atoms with Crippen molar-refractivity contribution in [3.8, 4) is 11.4 Å². The Kier molecular flexibility index (Phi) is 6.14. The van der Waals surface area contributed by atoms with Crippen LogP contribution in [-0.2, 0) is 6.42 Å². The highest BCUT2D eigenvalue weighted by atomic mass is 16.5. The van der Waals surface area contributed by atoms with Gasteiger partial charge in [-0.1, -0.05) is 18.5 Å². The summed E-state index contributed by atoms with van der Waals surface area (Å²) >= 11 is 0.